The average Bonchev–Trinajstić information content (AvgIpc) is 2.61. The lowest BCUT2D eigenvalue weighted by Gasteiger charge is -2.15. The predicted molar refractivity (Wildman–Crippen MR) is 89.5 cm³/mol. The molecular weight excluding hydrogens is 290 g/mol. The lowest BCUT2D eigenvalue weighted by Crippen LogP contribution is -2.26. The van der Waals surface area contributed by atoms with Crippen LogP contribution in [0.25, 0.3) is 0 Å². The SMILES string of the molecule is CCc1ccc(C(C)NC(=O)c2cccc(C(=O)OC)c2)cc1. The quantitative estimate of drug-likeness (QED) is 0.860. The van der Waals surface area contributed by atoms with Gasteiger partial charge in [-0.2, -0.15) is 0 Å². The standard InChI is InChI=1S/C19H21NO3/c1-4-14-8-10-15(11-9-14)13(2)20-18(21)16-6-5-7-17(12-16)19(22)23-3/h5-13H,4H2,1-3H3,(H,20,21). The number of hydrogen-bond acceptors (Lipinski definition) is 3. The first-order valence-corrected chi connectivity index (χ1v) is 7.63. The monoisotopic (exact) mass is 311 g/mol. The summed E-state index contributed by atoms with van der Waals surface area (Å²) in [6, 6.07) is 14.6. The van der Waals surface area contributed by atoms with E-state index < -0.39 is 5.97 Å². The molecule has 0 fully saturated rings. The molecule has 2 aromatic rings. The van der Waals surface area contributed by atoms with Crippen molar-refractivity contribution >= 4 is 11.9 Å². The molecule has 0 aliphatic heterocycles. The molecule has 4 nitrogen and oxygen atoms in total. The van der Waals surface area contributed by atoms with Gasteiger partial charge < -0.3 is 10.1 Å². The first-order valence-electron chi connectivity index (χ1n) is 7.63. The first-order chi connectivity index (χ1) is 11.0. The zero-order valence-electron chi connectivity index (χ0n) is 13.6. The highest BCUT2D eigenvalue weighted by molar-refractivity contribution is 5.98. The molecule has 0 aliphatic carbocycles. The highest BCUT2D eigenvalue weighted by Crippen LogP contribution is 2.15. The van der Waals surface area contributed by atoms with Crippen LogP contribution >= 0.6 is 0 Å². The third kappa shape index (κ3) is 4.19. The van der Waals surface area contributed by atoms with Gasteiger partial charge in [0.25, 0.3) is 5.91 Å². The van der Waals surface area contributed by atoms with Gasteiger partial charge in [0.2, 0.25) is 0 Å². The van der Waals surface area contributed by atoms with Gasteiger partial charge in [0.05, 0.1) is 18.7 Å². The highest BCUT2D eigenvalue weighted by atomic mass is 16.5. The second kappa shape index (κ2) is 7.58. The Morgan fingerprint density at radius 1 is 1.09 bits per heavy atom. The van der Waals surface area contributed by atoms with E-state index >= 15 is 0 Å². The van der Waals surface area contributed by atoms with E-state index in [4.69, 9.17) is 0 Å². The van der Waals surface area contributed by atoms with Gasteiger partial charge in [-0.1, -0.05) is 37.3 Å². The van der Waals surface area contributed by atoms with Gasteiger partial charge in [0.1, 0.15) is 0 Å². The molecule has 0 heterocycles. The van der Waals surface area contributed by atoms with Crippen molar-refractivity contribution in [3.63, 3.8) is 0 Å². The van der Waals surface area contributed by atoms with Crippen LogP contribution in [0.5, 0.6) is 0 Å². The number of methoxy groups -OCH3 is 1. The van der Waals surface area contributed by atoms with Crippen LogP contribution in [0.2, 0.25) is 0 Å². The molecule has 0 bridgehead atoms. The predicted octanol–water partition coefficient (Wildman–Crippen LogP) is 3.53. The van der Waals surface area contributed by atoms with Gasteiger partial charge in [-0.3, -0.25) is 4.79 Å². The third-order valence-electron chi connectivity index (χ3n) is 3.78. The van der Waals surface area contributed by atoms with Crippen molar-refractivity contribution in [2.24, 2.45) is 0 Å². The Hall–Kier alpha value is -2.62. The molecule has 23 heavy (non-hydrogen) atoms. The first kappa shape index (κ1) is 16.7. The minimum absolute atomic E-state index is 0.116. The lowest BCUT2D eigenvalue weighted by molar-refractivity contribution is 0.0600. The van der Waals surface area contributed by atoms with Crippen LogP contribution in [0.1, 0.15) is 51.7 Å². The fraction of sp³-hybridized carbons (Fsp3) is 0.263. The second-order valence-corrected chi connectivity index (χ2v) is 5.36. The Balaban J connectivity index is 2.10. The smallest absolute Gasteiger partial charge is 0.337 e. The van der Waals surface area contributed by atoms with Crippen molar-refractivity contribution in [1.29, 1.82) is 0 Å². The largest absolute Gasteiger partial charge is 0.465 e. The molecular formula is C19H21NO3. The molecule has 2 rings (SSSR count). The molecule has 0 aliphatic rings. The Kier molecular flexibility index (Phi) is 5.52. The molecule has 0 saturated heterocycles. The van der Waals surface area contributed by atoms with Gasteiger partial charge in [-0.15, -0.1) is 0 Å². The van der Waals surface area contributed by atoms with E-state index in [1.807, 2.05) is 19.1 Å². The summed E-state index contributed by atoms with van der Waals surface area (Å²) in [5.74, 6) is -0.675. The van der Waals surface area contributed by atoms with Gasteiger partial charge in [0, 0.05) is 5.56 Å². The van der Waals surface area contributed by atoms with Crippen LogP contribution in [0, 0.1) is 0 Å². The molecule has 0 spiro atoms. The fourth-order valence-corrected chi connectivity index (χ4v) is 2.31. The van der Waals surface area contributed by atoms with Crippen molar-refractivity contribution in [2.75, 3.05) is 7.11 Å². The van der Waals surface area contributed by atoms with E-state index in [1.165, 1.54) is 18.7 Å². The van der Waals surface area contributed by atoms with Crippen molar-refractivity contribution in [1.82, 2.24) is 5.32 Å². The van der Waals surface area contributed by atoms with Gasteiger partial charge in [-0.25, -0.2) is 4.79 Å². The number of aryl methyl sites for hydroxylation is 1. The molecule has 2 aromatic carbocycles. The molecule has 1 unspecified atom stereocenters. The summed E-state index contributed by atoms with van der Waals surface area (Å²) in [6.07, 6.45) is 0.987. The Morgan fingerprint density at radius 2 is 1.74 bits per heavy atom. The number of amides is 1. The van der Waals surface area contributed by atoms with Crippen LogP contribution in [0.4, 0.5) is 0 Å². The van der Waals surface area contributed by atoms with E-state index in [0.717, 1.165) is 12.0 Å². The average molecular weight is 311 g/mol. The van der Waals surface area contributed by atoms with Crippen LogP contribution in [-0.2, 0) is 11.2 Å². The van der Waals surface area contributed by atoms with E-state index in [9.17, 15) is 9.59 Å². The van der Waals surface area contributed by atoms with E-state index in [-0.39, 0.29) is 11.9 Å². The van der Waals surface area contributed by atoms with E-state index in [1.54, 1.807) is 18.2 Å². The maximum Gasteiger partial charge on any atom is 0.337 e. The van der Waals surface area contributed by atoms with Crippen LogP contribution in [0.15, 0.2) is 48.5 Å². The number of benzene rings is 2. The Labute approximate surface area is 136 Å². The number of ether oxygens (including phenoxy) is 1. The highest BCUT2D eigenvalue weighted by Gasteiger charge is 2.13. The summed E-state index contributed by atoms with van der Waals surface area (Å²) < 4.78 is 4.67. The van der Waals surface area contributed by atoms with Crippen LogP contribution in [-0.4, -0.2) is 19.0 Å². The summed E-state index contributed by atoms with van der Waals surface area (Å²) in [5.41, 5.74) is 3.10. The molecule has 1 atom stereocenters. The molecule has 4 heteroatoms. The molecule has 1 amide bonds. The van der Waals surface area contributed by atoms with Crippen LogP contribution < -0.4 is 5.32 Å². The minimum atomic E-state index is -0.456. The fourth-order valence-electron chi connectivity index (χ4n) is 2.31. The topological polar surface area (TPSA) is 55.4 Å². The number of hydrogen-bond donors (Lipinski definition) is 1. The molecule has 1 N–H and O–H groups in total. The Morgan fingerprint density at radius 3 is 2.35 bits per heavy atom. The van der Waals surface area contributed by atoms with Crippen molar-refractivity contribution in [3.05, 3.63) is 70.8 Å². The van der Waals surface area contributed by atoms with Crippen molar-refractivity contribution in [3.8, 4) is 0 Å². The Bertz CT molecular complexity index is 692. The zero-order valence-corrected chi connectivity index (χ0v) is 13.6. The van der Waals surface area contributed by atoms with E-state index in [0.29, 0.717) is 11.1 Å². The summed E-state index contributed by atoms with van der Waals surface area (Å²) >= 11 is 0. The summed E-state index contributed by atoms with van der Waals surface area (Å²) in [4.78, 5) is 23.9. The maximum atomic E-state index is 12.4. The summed E-state index contributed by atoms with van der Waals surface area (Å²) in [6.45, 7) is 4.04. The molecule has 120 valence electrons. The molecule has 0 aromatic heterocycles. The number of carbonyl (C=O) groups excluding carboxylic acids is 2. The number of esters is 1. The van der Waals surface area contributed by atoms with Gasteiger partial charge >= 0.3 is 5.97 Å². The van der Waals surface area contributed by atoms with Crippen molar-refractivity contribution in [2.45, 2.75) is 26.3 Å². The normalized spacial score (nSPS) is 11.6. The zero-order chi connectivity index (χ0) is 16.8. The number of nitrogens with one attached hydrogen (secondary N) is 1. The third-order valence-corrected chi connectivity index (χ3v) is 3.78. The summed E-state index contributed by atoms with van der Waals surface area (Å²) in [7, 11) is 1.32. The second-order valence-electron chi connectivity index (χ2n) is 5.36. The number of rotatable bonds is 5. The van der Waals surface area contributed by atoms with Gasteiger partial charge in [0.15, 0.2) is 0 Å². The summed E-state index contributed by atoms with van der Waals surface area (Å²) in [5, 5.41) is 2.94. The van der Waals surface area contributed by atoms with Crippen LogP contribution in [0.3, 0.4) is 0 Å². The van der Waals surface area contributed by atoms with E-state index in [2.05, 4.69) is 29.1 Å². The maximum absolute atomic E-state index is 12.4. The molecule has 0 saturated carbocycles. The van der Waals surface area contributed by atoms with Gasteiger partial charge in [-0.05, 0) is 42.7 Å². The number of carbonyl (C=O) groups is 2. The minimum Gasteiger partial charge on any atom is -0.465 e. The van der Waals surface area contributed by atoms with Crippen molar-refractivity contribution < 1.29 is 14.3 Å². The molecule has 0 radical (unpaired) electrons. The lowest BCUT2D eigenvalue weighted by atomic mass is 10.0.